The topological polar surface area (TPSA) is 43.4 Å². The summed E-state index contributed by atoms with van der Waals surface area (Å²) in [5.74, 6) is 7.61. The first kappa shape index (κ1) is 44.7. The van der Waals surface area contributed by atoms with Crippen LogP contribution in [0.25, 0.3) is 0 Å². The van der Waals surface area contributed by atoms with Crippen LogP contribution in [0.3, 0.4) is 0 Å². The molecule has 18 rings (SSSR count). The molecular weight excluding hydrogens is 923 g/mol. The van der Waals surface area contributed by atoms with Crippen LogP contribution < -0.4 is 9.80 Å². The van der Waals surface area contributed by atoms with Crippen LogP contribution in [0.5, 0.6) is 0 Å². The summed E-state index contributed by atoms with van der Waals surface area (Å²) in [4.78, 5) is 6.51. The molecule has 16 fully saturated rings. The van der Waals surface area contributed by atoms with E-state index in [0.717, 1.165) is 35.5 Å². The number of fused-ring (bicyclic) bond motifs is 11. The van der Waals surface area contributed by atoms with Gasteiger partial charge in [-0.3, -0.25) is 0 Å². The highest BCUT2D eigenvalue weighted by atomic mass is 31.1. The van der Waals surface area contributed by atoms with Crippen molar-refractivity contribution in [1.29, 1.82) is 0 Å². The second kappa shape index (κ2) is 15.7. The molecule has 2 aromatic carbocycles. The maximum atomic E-state index is 8.06. The van der Waals surface area contributed by atoms with Gasteiger partial charge in [0.1, 0.15) is 0 Å². The maximum absolute atomic E-state index is 8.06. The van der Waals surface area contributed by atoms with Crippen molar-refractivity contribution in [3.63, 3.8) is 0 Å². The molecule has 2 aromatic rings. The summed E-state index contributed by atoms with van der Waals surface area (Å²) < 4.78 is 32.1. The first-order valence-corrected chi connectivity index (χ1v) is 34.2. The minimum Gasteiger partial charge on any atom is -0.373 e. The number of hydrogen-bond acceptors (Lipinski definition) is 6. The molecule has 6 heterocycles. The molecule has 0 bridgehead atoms. The molecule has 0 aromatic heterocycles. The van der Waals surface area contributed by atoms with Crippen LogP contribution in [0.15, 0.2) is 60.7 Å². The lowest BCUT2D eigenvalue weighted by atomic mass is 9.60. The molecule has 6 nitrogen and oxygen atoms in total. The molecule has 386 valence electrons. The van der Waals surface area contributed by atoms with E-state index >= 15 is 0 Å². The molecule has 0 radical (unpaired) electrons. The molecule has 10 saturated carbocycles. The van der Waals surface area contributed by atoms with Crippen LogP contribution in [0.2, 0.25) is 0 Å². The number of hydrogen-bond donors (Lipinski definition) is 0. The fourth-order valence-electron chi connectivity index (χ4n) is 25.2. The number of rotatable bonds is 2. The summed E-state index contributed by atoms with van der Waals surface area (Å²) in [6, 6.07) is 26.6. The van der Waals surface area contributed by atoms with Gasteiger partial charge in [-0.2, -0.15) is 0 Å². The van der Waals surface area contributed by atoms with E-state index in [1.807, 2.05) is 0 Å². The molecule has 16 aliphatic rings. The smallest absolute Gasteiger partial charge is 0.0702 e. The first-order chi connectivity index (χ1) is 35.3. The Morgan fingerprint density at radius 3 is 1.22 bits per heavy atom. The van der Waals surface area contributed by atoms with Crippen molar-refractivity contribution in [1.82, 2.24) is 0 Å². The van der Waals surface area contributed by atoms with E-state index in [9.17, 15) is 0 Å². The van der Waals surface area contributed by atoms with E-state index in [1.165, 1.54) is 127 Å². The highest BCUT2D eigenvalue weighted by Gasteiger charge is 2.77. The molecule has 10 aliphatic carbocycles. The van der Waals surface area contributed by atoms with Crippen molar-refractivity contribution in [3.8, 4) is 0 Å². The monoisotopic (exact) mass is 1010 g/mol. The lowest BCUT2D eigenvalue weighted by molar-refractivity contribution is -0.178. The summed E-state index contributed by atoms with van der Waals surface area (Å²) in [5.41, 5.74) is 7.53. The number of benzene rings is 2. The second-order valence-electron chi connectivity index (χ2n) is 29.4. The van der Waals surface area contributed by atoms with E-state index in [-0.39, 0.29) is 15.8 Å². The van der Waals surface area contributed by atoms with Crippen molar-refractivity contribution < 1.29 is 18.9 Å². The molecular formula is C64H86N2O4P2. The van der Waals surface area contributed by atoms with E-state index in [2.05, 4.69) is 98.2 Å². The van der Waals surface area contributed by atoms with E-state index in [4.69, 9.17) is 18.9 Å². The molecule has 0 N–H and O–H groups in total. The first-order valence-electron chi connectivity index (χ1n) is 31.1. The Labute approximate surface area is 434 Å². The predicted octanol–water partition coefficient (Wildman–Crippen LogP) is 13.1. The Balaban J connectivity index is 0.826. The number of ether oxygens (including phenoxy) is 4. The van der Waals surface area contributed by atoms with Crippen LogP contribution in [-0.4, -0.2) is 107 Å². The molecule has 30 unspecified atom stereocenters. The molecule has 6 saturated heterocycles. The van der Waals surface area contributed by atoms with Gasteiger partial charge in [0.25, 0.3) is 0 Å². The van der Waals surface area contributed by atoms with E-state index in [0.29, 0.717) is 141 Å². The third kappa shape index (κ3) is 5.63. The van der Waals surface area contributed by atoms with Gasteiger partial charge >= 0.3 is 0 Å². The standard InChI is InChI=1S/C64H86N2O4P2/c1-63(2)41-23-13-11-21-35(41)37-29-43-57-55(51(37)63)69-47-27-15-25-45-59(47)71(57)61-49(67-45)31-40-39(53(61)65(43)33-17-7-5-8-18-33)32-50-62-54(40)66(34-19-9-6-10-20-34)44-30-38-36-22-12-14-24-42(36)64(3,4)52(38)56-58(44)72(62)60-46(68-50)26-16-28-48(60)70-56/h5-10,17-20,35-62H,11-16,21-32H2,1-4H3. The second-order valence-corrected chi connectivity index (χ2v) is 34.8. The Kier molecular flexibility index (Phi) is 9.76. The van der Waals surface area contributed by atoms with Crippen molar-refractivity contribution in [2.75, 3.05) is 9.80 Å². The van der Waals surface area contributed by atoms with Gasteiger partial charge in [-0.25, -0.2) is 0 Å². The van der Waals surface area contributed by atoms with Gasteiger partial charge in [0.2, 0.25) is 0 Å². The zero-order chi connectivity index (χ0) is 47.3. The lowest BCUT2D eigenvalue weighted by Crippen LogP contribution is -2.81. The molecule has 30 atom stereocenters. The average Bonchev–Trinajstić information content (AvgIpc) is 3.79. The van der Waals surface area contributed by atoms with Crippen LogP contribution in [-0.2, 0) is 18.9 Å². The van der Waals surface area contributed by atoms with Crippen LogP contribution in [0, 0.1) is 70.0 Å². The third-order valence-electron chi connectivity index (χ3n) is 26.8. The normalized spacial score (nSPS) is 57.8. The summed E-state index contributed by atoms with van der Waals surface area (Å²) in [5, 5.41) is 0. The fourth-order valence-corrected chi connectivity index (χ4v) is 35.1. The van der Waals surface area contributed by atoms with Crippen molar-refractivity contribution in [2.24, 2.45) is 70.0 Å². The zero-order valence-corrected chi connectivity index (χ0v) is 45.9. The van der Waals surface area contributed by atoms with Gasteiger partial charge in [-0.05, 0) is 184 Å². The highest BCUT2D eigenvalue weighted by molar-refractivity contribution is 7.61. The molecule has 6 aliphatic heterocycles. The summed E-state index contributed by atoms with van der Waals surface area (Å²) in [7, 11) is -0.629. The SMILES string of the molecule is CC1(C)C2CCCCC2C2CC3C4C(OC5CCCC6OC7CC8C(CC9OC%10CCCC%11OC%12C%13C(CC%14C%15CCCCC%15C(C)(C)C%14%12)N(c%12ccccc%12)C8C9P%13C%10%11)C(C7P4C65)N3c3ccccc3)C21. The fraction of sp³-hybridized carbons (Fsp3) is 0.812. The lowest BCUT2D eigenvalue weighted by Gasteiger charge is -2.76. The molecule has 0 spiro atoms. The summed E-state index contributed by atoms with van der Waals surface area (Å²) in [6.07, 6.45) is 27.6. The minimum atomic E-state index is -0.314. The quantitative estimate of drug-likeness (QED) is 0.279. The van der Waals surface area contributed by atoms with Crippen molar-refractivity contribution in [3.05, 3.63) is 60.7 Å². The summed E-state index contributed by atoms with van der Waals surface area (Å²) >= 11 is 0. The van der Waals surface area contributed by atoms with E-state index in [1.54, 1.807) is 0 Å². The highest BCUT2D eigenvalue weighted by Crippen LogP contribution is 2.80. The number of nitrogens with zero attached hydrogens (tertiary/aromatic N) is 2. The number of para-hydroxylation sites is 2. The predicted molar refractivity (Wildman–Crippen MR) is 290 cm³/mol. The van der Waals surface area contributed by atoms with E-state index < -0.39 is 0 Å². The van der Waals surface area contributed by atoms with Gasteiger partial charge < -0.3 is 28.7 Å². The summed E-state index contributed by atoms with van der Waals surface area (Å²) in [6.45, 7) is 11.0. The minimum absolute atomic E-state index is 0.314. The largest absolute Gasteiger partial charge is 0.373 e. The van der Waals surface area contributed by atoms with Gasteiger partial charge in [-0.1, -0.05) is 106 Å². The van der Waals surface area contributed by atoms with Gasteiger partial charge in [0, 0.05) is 69.5 Å². The van der Waals surface area contributed by atoms with Crippen molar-refractivity contribution >= 4 is 27.2 Å². The maximum Gasteiger partial charge on any atom is 0.0702 e. The Bertz CT molecular complexity index is 2290. The molecule has 0 amide bonds. The van der Waals surface area contributed by atoms with Gasteiger partial charge in [0.05, 0.1) is 48.8 Å². The Morgan fingerprint density at radius 2 is 0.792 bits per heavy atom. The van der Waals surface area contributed by atoms with Crippen LogP contribution in [0.1, 0.15) is 143 Å². The Morgan fingerprint density at radius 1 is 0.389 bits per heavy atom. The Hall–Kier alpha value is -1.26. The molecule has 8 heteroatoms. The van der Waals surface area contributed by atoms with Gasteiger partial charge in [0.15, 0.2) is 0 Å². The van der Waals surface area contributed by atoms with Crippen molar-refractivity contribution in [2.45, 2.75) is 250 Å². The number of anilines is 2. The third-order valence-corrected chi connectivity index (χ3v) is 34.8. The zero-order valence-electron chi connectivity index (χ0n) is 44.1. The van der Waals surface area contributed by atoms with Crippen LogP contribution >= 0.6 is 15.8 Å². The van der Waals surface area contributed by atoms with Gasteiger partial charge in [-0.15, -0.1) is 0 Å². The average molecular weight is 1010 g/mol. The molecule has 72 heavy (non-hydrogen) atoms. The van der Waals surface area contributed by atoms with Crippen LogP contribution in [0.4, 0.5) is 11.4 Å².